The van der Waals surface area contributed by atoms with Crippen LogP contribution in [0.15, 0.2) is 53.3 Å². The molecular weight excluding hydrogens is 356 g/mol. The Balaban J connectivity index is 1.70. The number of H-pyrrole nitrogens is 1. The van der Waals surface area contributed by atoms with Gasteiger partial charge in [-0.3, -0.25) is 9.59 Å². The highest BCUT2D eigenvalue weighted by atomic mass is 16.5. The molecule has 0 saturated heterocycles. The molecule has 0 atom stereocenters. The number of hydrogen-bond donors (Lipinski definition) is 2. The third-order valence-corrected chi connectivity index (χ3v) is 4.48. The fourth-order valence-electron chi connectivity index (χ4n) is 3.03. The van der Waals surface area contributed by atoms with Gasteiger partial charge in [-0.05, 0) is 36.1 Å². The van der Waals surface area contributed by atoms with Gasteiger partial charge in [-0.2, -0.15) is 0 Å². The first kappa shape index (κ1) is 19.4. The van der Waals surface area contributed by atoms with Gasteiger partial charge < -0.3 is 15.0 Å². The van der Waals surface area contributed by atoms with Crippen LogP contribution in [0.5, 0.6) is 0 Å². The number of aryl methyl sites for hydroxylation is 1. The average Bonchev–Trinajstić information content (AvgIpc) is 2.67. The lowest BCUT2D eigenvalue weighted by Gasteiger charge is -2.16. The minimum absolute atomic E-state index is 0.00950. The normalized spacial score (nSPS) is 10.9. The number of benzene rings is 2. The summed E-state index contributed by atoms with van der Waals surface area (Å²) in [7, 11) is 0. The first-order valence-corrected chi connectivity index (χ1v) is 9.05. The van der Waals surface area contributed by atoms with Crippen LogP contribution in [0, 0.1) is 6.92 Å². The molecule has 0 fully saturated rings. The van der Waals surface area contributed by atoms with Gasteiger partial charge in [0.15, 0.2) is 12.0 Å². The van der Waals surface area contributed by atoms with Crippen LogP contribution in [0.1, 0.15) is 41.4 Å². The van der Waals surface area contributed by atoms with Crippen LogP contribution in [-0.4, -0.2) is 23.5 Å². The highest BCUT2D eigenvalue weighted by Crippen LogP contribution is 2.27. The van der Waals surface area contributed by atoms with E-state index in [2.05, 4.69) is 10.3 Å². The standard InChI is InChI=1S/C22H22N2O4/c1-13(2)15-9-6-7-14(3)21(15)24-20(26)12-28-22(27)18-11-19(25)16-8-4-5-10-17(16)23-18/h4-11,13H,12H2,1-3H3,(H,23,25)(H,24,26). The number of amides is 1. The maximum atomic E-state index is 12.3. The van der Waals surface area contributed by atoms with E-state index < -0.39 is 18.5 Å². The zero-order valence-corrected chi connectivity index (χ0v) is 16.0. The summed E-state index contributed by atoms with van der Waals surface area (Å²) in [6.07, 6.45) is 0. The molecule has 2 N–H and O–H groups in total. The number of aromatic nitrogens is 1. The van der Waals surface area contributed by atoms with Crippen molar-refractivity contribution in [1.29, 1.82) is 0 Å². The van der Waals surface area contributed by atoms with E-state index in [1.54, 1.807) is 24.3 Å². The van der Waals surface area contributed by atoms with E-state index >= 15 is 0 Å². The van der Waals surface area contributed by atoms with Crippen LogP contribution in [0.2, 0.25) is 0 Å². The van der Waals surface area contributed by atoms with Crippen molar-refractivity contribution in [3.05, 3.63) is 75.6 Å². The lowest BCUT2D eigenvalue weighted by Crippen LogP contribution is -2.23. The fourth-order valence-corrected chi connectivity index (χ4v) is 3.03. The average molecular weight is 378 g/mol. The Hall–Kier alpha value is -3.41. The number of carbonyl (C=O) groups is 2. The summed E-state index contributed by atoms with van der Waals surface area (Å²) in [5, 5.41) is 3.30. The Labute approximate surface area is 162 Å². The quantitative estimate of drug-likeness (QED) is 0.662. The van der Waals surface area contributed by atoms with Gasteiger partial charge >= 0.3 is 5.97 Å². The molecule has 0 saturated carbocycles. The highest BCUT2D eigenvalue weighted by molar-refractivity contribution is 5.96. The van der Waals surface area contributed by atoms with Crippen molar-refractivity contribution in [2.45, 2.75) is 26.7 Å². The van der Waals surface area contributed by atoms with Crippen molar-refractivity contribution in [1.82, 2.24) is 4.98 Å². The molecule has 0 aliphatic heterocycles. The molecule has 0 radical (unpaired) electrons. The van der Waals surface area contributed by atoms with Crippen LogP contribution in [0.3, 0.4) is 0 Å². The van der Waals surface area contributed by atoms with E-state index in [0.717, 1.165) is 16.8 Å². The third kappa shape index (κ3) is 4.11. The first-order valence-electron chi connectivity index (χ1n) is 9.05. The molecule has 1 amide bonds. The Bertz CT molecular complexity index is 1100. The molecule has 1 aromatic heterocycles. The zero-order chi connectivity index (χ0) is 20.3. The number of aromatic amines is 1. The first-order chi connectivity index (χ1) is 13.4. The van der Waals surface area contributed by atoms with E-state index in [0.29, 0.717) is 10.9 Å². The minimum atomic E-state index is -0.758. The number of para-hydroxylation sites is 2. The molecule has 0 aliphatic carbocycles. The Morgan fingerprint density at radius 3 is 2.61 bits per heavy atom. The molecule has 3 aromatic rings. The number of rotatable bonds is 5. The van der Waals surface area contributed by atoms with Gasteiger partial charge in [0, 0.05) is 22.7 Å². The van der Waals surface area contributed by atoms with Crippen molar-refractivity contribution in [2.75, 3.05) is 11.9 Å². The molecule has 1 heterocycles. The maximum Gasteiger partial charge on any atom is 0.355 e. The lowest BCUT2D eigenvalue weighted by molar-refractivity contribution is -0.119. The van der Waals surface area contributed by atoms with Gasteiger partial charge in [0.2, 0.25) is 0 Å². The van der Waals surface area contributed by atoms with Gasteiger partial charge in [-0.1, -0.05) is 44.2 Å². The largest absolute Gasteiger partial charge is 0.451 e. The molecule has 6 nitrogen and oxygen atoms in total. The minimum Gasteiger partial charge on any atom is -0.451 e. The molecule has 0 spiro atoms. The summed E-state index contributed by atoms with van der Waals surface area (Å²) in [5.41, 5.74) is 2.94. The number of carbonyl (C=O) groups excluding carboxylic acids is 2. The summed E-state index contributed by atoms with van der Waals surface area (Å²) >= 11 is 0. The summed E-state index contributed by atoms with van der Waals surface area (Å²) in [4.78, 5) is 39.5. The second-order valence-corrected chi connectivity index (χ2v) is 6.91. The Morgan fingerprint density at radius 2 is 1.86 bits per heavy atom. The molecule has 3 rings (SSSR count). The summed E-state index contributed by atoms with van der Waals surface area (Å²) in [6, 6.07) is 13.9. The Morgan fingerprint density at radius 1 is 1.11 bits per heavy atom. The molecule has 0 bridgehead atoms. The predicted molar refractivity (Wildman–Crippen MR) is 109 cm³/mol. The molecule has 28 heavy (non-hydrogen) atoms. The van der Waals surface area contributed by atoms with Crippen LogP contribution < -0.4 is 10.7 Å². The predicted octanol–water partition coefficient (Wildman–Crippen LogP) is 3.76. The number of hydrogen-bond acceptors (Lipinski definition) is 4. The van der Waals surface area contributed by atoms with Crippen LogP contribution >= 0.6 is 0 Å². The number of pyridine rings is 1. The fraction of sp³-hybridized carbons (Fsp3) is 0.227. The summed E-state index contributed by atoms with van der Waals surface area (Å²) in [5.74, 6) is -0.958. The van der Waals surface area contributed by atoms with Crippen LogP contribution in [0.25, 0.3) is 10.9 Å². The number of nitrogens with one attached hydrogen (secondary N) is 2. The van der Waals surface area contributed by atoms with Crippen molar-refractivity contribution in [3.8, 4) is 0 Å². The Kier molecular flexibility index (Phi) is 5.59. The number of esters is 1. The molecule has 6 heteroatoms. The number of fused-ring (bicyclic) bond motifs is 1. The van der Waals surface area contributed by atoms with Crippen molar-refractivity contribution in [3.63, 3.8) is 0 Å². The van der Waals surface area contributed by atoms with E-state index in [-0.39, 0.29) is 17.0 Å². The SMILES string of the molecule is Cc1cccc(C(C)C)c1NC(=O)COC(=O)c1cc(=O)c2ccccc2[nH]1. The summed E-state index contributed by atoms with van der Waals surface area (Å²) in [6.45, 7) is 5.55. The van der Waals surface area contributed by atoms with Crippen molar-refractivity contribution < 1.29 is 14.3 Å². The van der Waals surface area contributed by atoms with Crippen molar-refractivity contribution in [2.24, 2.45) is 0 Å². The molecule has 0 unspecified atom stereocenters. The van der Waals surface area contributed by atoms with Crippen LogP contribution in [0.4, 0.5) is 5.69 Å². The third-order valence-electron chi connectivity index (χ3n) is 4.48. The van der Waals surface area contributed by atoms with E-state index in [1.807, 2.05) is 39.0 Å². The van der Waals surface area contributed by atoms with Gasteiger partial charge in [0.1, 0.15) is 5.69 Å². The number of anilines is 1. The summed E-state index contributed by atoms with van der Waals surface area (Å²) < 4.78 is 5.09. The smallest absolute Gasteiger partial charge is 0.355 e. The van der Waals surface area contributed by atoms with Gasteiger partial charge in [0.05, 0.1) is 0 Å². The van der Waals surface area contributed by atoms with Gasteiger partial charge in [-0.15, -0.1) is 0 Å². The van der Waals surface area contributed by atoms with E-state index in [9.17, 15) is 14.4 Å². The maximum absolute atomic E-state index is 12.3. The van der Waals surface area contributed by atoms with Crippen molar-refractivity contribution >= 4 is 28.5 Å². The second kappa shape index (κ2) is 8.08. The molecule has 144 valence electrons. The topological polar surface area (TPSA) is 88.3 Å². The lowest BCUT2D eigenvalue weighted by atomic mass is 9.98. The van der Waals surface area contributed by atoms with Gasteiger partial charge in [-0.25, -0.2) is 4.79 Å². The molecular formula is C22H22N2O4. The van der Waals surface area contributed by atoms with Gasteiger partial charge in [0.25, 0.3) is 5.91 Å². The monoisotopic (exact) mass is 378 g/mol. The van der Waals surface area contributed by atoms with E-state index in [1.165, 1.54) is 6.07 Å². The molecule has 0 aliphatic rings. The second-order valence-electron chi connectivity index (χ2n) is 6.91. The van der Waals surface area contributed by atoms with Crippen LogP contribution in [-0.2, 0) is 9.53 Å². The van der Waals surface area contributed by atoms with E-state index in [4.69, 9.17) is 4.74 Å². The number of ether oxygens (including phenoxy) is 1. The highest BCUT2D eigenvalue weighted by Gasteiger charge is 2.15. The molecule has 2 aromatic carbocycles. The zero-order valence-electron chi connectivity index (χ0n) is 16.0.